The first-order valence-electron chi connectivity index (χ1n) is 7.86. The van der Waals surface area contributed by atoms with E-state index in [0.29, 0.717) is 12.2 Å². The van der Waals surface area contributed by atoms with E-state index in [-0.39, 0.29) is 5.56 Å². The lowest BCUT2D eigenvalue weighted by Gasteiger charge is -2.19. The first kappa shape index (κ1) is 18.4. The number of rotatable bonds is 4. The van der Waals surface area contributed by atoms with Crippen LogP contribution in [0.5, 0.6) is 0 Å². The normalized spacial score (nSPS) is 10.9. The number of benzene rings is 2. The summed E-state index contributed by atoms with van der Waals surface area (Å²) in [4.78, 5) is 23.7. The van der Waals surface area contributed by atoms with E-state index in [0.717, 1.165) is 5.56 Å². The third kappa shape index (κ3) is 5.91. The summed E-state index contributed by atoms with van der Waals surface area (Å²) in [7, 11) is 0. The van der Waals surface area contributed by atoms with E-state index in [1.54, 1.807) is 51.1 Å². The quantitative estimate of drug-likeness (QED) is 0.877. The fourth-order valence-corrected chi connectivity index (χ4v) is 2.04. The van der Waals surface area contributed by atoms with Crippen LogP contribution in [0.15, 0.2) is 48.5 Å². The summed E-state index contributed by atoms with van der Waals surface area (Å²) in [6, 6.07) is 12.7. The fraction of sp³-hybridized carbons (Fsp3) is 0.263. The van der Waals surface area contributed by atoms with E-state index in [1.165, 1.54) is 18.2 Å². The maximum atomic E-state index is 13.6. The number of alkyl carbamates (subject to hydrolysis) is 1. The third-order valence-electron chi connectivity index (χ3n) is 3.17. The van der Waals surface area contributed by atoms with Crippen LogP contribution in [-0.4, -0.2) is 17.6 Å². The van der Waals surface area contributed by atoms with Crippen molar-refractivity contribution in [1.82, 2.24) is 5.32 Å². The zero-order chi connectivity index (χ0) is 18.4. The smallest absolute Gasteiger partial charge is 0.407 e. The van der Waals surface area contributed by atoms with E-state index in [9.17, 15) is 14.0 Å². The molecule has 0 heterocycles. The Morgan fingerprint density at radius 3 is 2.28 bits per heavy atom. The monoisotopic (exact) mass is 344 g/mol. The molecule has 0 fully saturated rings. The Hall–Kier alpha value is -2.89. The first-order valence-corrected chi connectivity index (χ1v) is 7.86. The molecule has 0 aromatic heterocycles. The molecule has 2 aromatic rings. The Morgan fingerprint density at radius 1 is 1.04 bits per heavy atom. The molecule has 2 N–H and O–H groups in total. The molecule has 0 aliphatic heterocycles. The zero-order valence-electron chi connectivity index (χ0n) is 14.4. The Morgan fingerprint density at radius 2 is 1.68 bits per heavy atom. The minimum atomic E-state index is -0.571. The van der Waals surface area contributed by atoms with Crippen LogP contribution in [-0.2, 0) is 11.3 Å². The van der Waals surface area contributed by atoms with Gasteiger partial charge in [0.05, 0.1) is 5.56 Å². The third-order valence-corrected chi connectivity index (χ3v) is 3.17. The van der Waals surface area contributed by atoms with E-state index in [2.05, 4.69) is 10.6 Å². The maximum Gasteiger partial charge on any atom is 0.407 e. The lowest BCUT2D eigenvalue weighted by Crippen LogP contribution is -2.32. The standard InChI is InChI=1S/C19H21FN2O3/c1-19(2,3)25-18(24)21-12-13-8-10-14(11-9-13)22-17(23)15-6-4-5-7-16(15)20/h4-11H,12H2,1-3H3,(H,21,24)(H,22,23). The number of nitrogens with one attached hydrogen (secondary N) is 2. The molecule has 0 spiro atoms. The van der Waals surface area contributed by atoms with Gasteiger partial charge in [-0.25, -0.2) is 9.18 Å². The molecule has 25 heavy (non-hydrogen) atoms. The van der Waals surface area contributed by atoms with Gasteiger partial charge in [0.25, 0.3) is 5.91 Å². The summed E-state index contributed by atoms with van der Waals surface area (Å²) in [5.41, 5.74) is 0.812. The van der Waals surface area contributed by atoms with Crippen LogP contribution in [0.1, 0.15) is 36.7 Å². The number of carbonyl (C=O) groups is 2. The van der Waals surface area contributed by atoms with Gasteiger partial charge in [0.2, 0.25) is 0 Å². The van der Waals surface area contributed by atoms with E-state index in [1.807, 2.05) is 0 Å². The molecule has 0 saturated heterocycles. The number of carbonyl (C=O) groups excluding carboxylic acids is 2. The van der Waals surface area contributed by atoms with Crippen LogP contribution >= 0.6 is 0 Å². The number of anilines is 1. The van der Waals surface area contributed by atoms with Crippen LogP contribution in [0.25, 0.3) is 0 Å². The SMILES string of the molecule is CC(C)(C)OC(=O)NCc1ccc(NC(=O)c2ccccc2F)cc1. The second kappa shape index (κ2) is 7.79. The van der Waals surface area contributed by atoms with Crippen molar-refractivity contribution in [1.29, 1.82) is 0 Å². The highest BCUT2D eigenvalue weighted by molar-refractivity contribution is 6.04. The summed E-state index contributed by atoms with van der Waals surface area (Å²) in [5, 5.41) is 5.28. The highest BCUT2D eigenvalue weighted by Crippen LogP contribution is 2.13. The molecule has 5 nitrogen and oxygen atoms in total. The molecule has 0 aliphatic carbocycles. The Bertz CT molecular complexity index is 752. The fourth-order valence-electron chi connectivity index (χ4n) is 2.04. The van der Waals surface area contributed by atoms with Crippen molar-refractivity contribution in [3.63, 3.8) is 0 Å². The maximum absolute atomic E-state index is 13.6. The highest BCUT2D eigenvalue weighted by Gasteiger charge is 2.15. The molecule has 6 heteroatoms. The minimum Gasteiger partial charge on any atom is -0.444 e. The number of amides is 2. The van der Waals surface area contributed by atoms with E-state index in [4.69, 9.17) is 4.74 Å². The first-order chi connectivity index (χ1) is 11.7. The van der Waals surface area contributed by atoms with Crippen molar-refractivity contribution < 1.29 is 18.7 Å². The van der Waals surface area contributed by atoms with Gasteiger partial charge in [-0.3, -0.25) is 4.79 Å². The lowest BCUT2D eigenvalue weighted by atomic mass is 10.1. The van der Waals surface area contributed by atoms with Gasteiger partial charge < -0.3 is 15.4 Å². The summed E-state index contributed by atoms with van der Waals surface area (Å²) >= 11 is 0. The van der Waals surface area contributed by atoms with Crippen molar-refractivity contribution in [2.75, 3.05) is 5.32 Å². The second-order valence-electron chi connectivity index (χ2n) is 6.49. The summed E-state index contributed by atoms with van der Waals surface area (Å²) in [6.45, 7) is 5.68. The number of halogens is 1. The van der Waals surface area contributed by atoms with Gasteiger partial charge in [-0.1, -0.05) is 24.3 Å². The van der Waals surface area contributed by atoms with Gasteiger partial charge in [0, 0.05) is 12.2 Å². The van der Waals surface area contributed by atoms with Gasteiger partial charge >= 0.3 is 6.09 Å². The van der Waals surface area contributed by atoms with Crippen molar-refractivity contribution in [3.05, 3.63) is 65.5 Å². The summed E-state index contributed by atoms with van der Waals surface area (Å²) in [5.74, 6) is -1.09. The molecule has 0 saturated carbocycles. The van der Waals surface area contributed by atoms with Gasteiger partial charge in [0.1, 0.15) is 11.4 Å². The second-order valence-corrected chi connectivity index (χ2v) is 6.49. The molecule has 0 atom stereocenters. The highest BCUT2D eigenvalue weighted by atomic mass is 19.1. The largest absolute Gasteiger partial charge is 0.444 e. The van der Waals surface area contributed by atoms with Crippen LogP contribution < -0.4 is 10.6 Å². The lowest BCUT2D eigenvalue weighted by molar-refractivity contribution is 0.0523. The Kier molecular flexibility index (Phi) is 5.75. The van der Waals surface area contributed by atoms with Crippen LogP contribution in [0.4, 0.5) is 14.9 Å². The molecule has 0 bridgehead atoms. The Balaban J connectivity index is 1.91. The zero-order valence-corrected chi connectivity index (χ0v) is 14.4. The number of ether oxygens (including phenoxy) is 1. The molecule has 0 unspecified atom stereocenters. The molecule has 0 aliphatic rings. The van der Waals surface area contributed by atoms with Crippen molar-refractivity contribution in [2.45, 2.75) is 32.9 Å². The topological polar surface area (TPSA) is 67.4 Å². The number of hydrogen-bond donors (Lipinski definition) is 2. The molecule has 132 valence electrons. The van der Waals surface area contributed by atoms with E-state index >= 15 is 0 Å². The Labute approximate surface area is 146 Å². The van der Waals surface area contributed by atoms with Crippen LogP contribution in [0, 0.1) is 5.82 Å². The van der Waals surface area contributed by atoms with Gasteiger partial charge in [-0.2, -0.15) is 0 Å². The molecule has 0 radical (unpaired) electrons. The van der Waals surface area contributed by atoms with E-state index < -0.39 is 23.4 Å². The van der Waals surface area contributed by atoms with Crippen LogP contribution in [0.3, 0.4) is 0 Å². The average Bonchev–Trinajstić information content (AvgIpc) is 2.53. The minimum absolute atomic E-state index is 0.0156. The predicted molar refractivity (Wildman–Crippen MR) is 93.9 cm³/mol. The average molecular weight is 344 g/mol. The number of hydrogen-bond acceptors (Lipinski definition) is 3. The van der Waals surface area contributed by atoms with Gasteiger partial charge in [-0.15, -0.1) is 0 Å². The summed E-state index contributed by atoms with van der Waals surface area (Å²) < 4.78 is 18.7. The van der Waals surface area contributed by atoms with Crippen molar-refractivity contribution >= 4 is 17.7 Å². The van der Waals surface area contributed by atoms with Gasteiger partial charge in [0.15, 0.2) is 0 Å². The van der Waals surface area contributed by atoms with Crippen LogP contribution in [0.2, 0.25) is 0 Å². The molecular formula is C19H21FN2O3. The van der Waals surface area contributed by atoms with Crippen molar-refractivity contribution in [2.24, 2.45) is 0 Å². The summed E-state index contributed by atoms with van der Waals surface area (Å²) in [6.07, 6.45) is -0.496. The van der Waals surface area contributed by atoms with Gasteiger partial charge in [-0.05, 0) is 50.6 Å². The van der Waals surface area contributed by atoms with Crippen molar-refractivity contribution in [3.8, 4) is 0 Å². The molecule has 2 aromatic carbocycles. The molecule has 2 amide bonds. The molecule has 2 rings (SSSR count). The predicted octanol–water partition coefficient (Wildman–Crippen LogP) is 4.10. The molecular weight excluding hydrogens is 323 g/mol.